The van der Waals surface area contributed by atoms with Crippen LogP contribution in [0, 0.1) is 5.92 Å². The molecule has 1 aliphatic rings. The highest BCUT2D eigenvalue weighted by Gasteiger charge is 2.23. The summed E-state index contributed by atoms with van der Waals surface area (Å²) in [7, 11) is 0. The van der Waals surface area contributed by atoms with Crippen molar-refractivity contribution in [2.24, 2.45) is 5.92 Å². The molecule has 0 atom stereocenters. The third-order valence-electron chi connectivity index (χ3n) is 4.33. The fraction of sp³-hybridized carbons (Fsp3) is 0.316. The van der Waals surface area contributed by atoms with Gasteiger partial charge in [-0.25, -0.2) is 0 Å². The minimum atomic E-state index is 0.0185. The number of ether oxygens (including phenoxy) is 1. The standard InChI is InChI=1S/C19H20N2O2S/c22-19(20-13-14-6-7-14)17-12-18-16(8-11-24-18)21(17)9-10-23-15-4-2-1-3-5-15/h1-5,8,11-12,14H,6-7,9-10,13H2,(H,20,22). The molecule has 4 rings (SSSR count). The highest BCUT2D eigenvalue weighted by atomic mass is 32.1. The van der Waals surface area contributed by atoms with Gasteiger partial charge in [0.25, 0.3) is 5.91 Å². The topological polar surface area (TPSA) is 43.3 Å². The van der Waals surface area contributed by atoms with Gasteiger partial charge in [-0.2, -0.15) is 0 Å². The van der Waals surface area contributed by atoms with Crippen molar-refractivity contribution in [1.82, 2.24) is 9.88 Å². The summed E-state index contributed by atoms with van der Waals surface area (Å²) in [5.74, 6) is 1.55. The monoisotopic (exact) mass is 340 g/mol. The molecule has 2 aromatic heterocycles. The predicted molar refractivity (Wildman–Crippen MR) is 96.8 cm³/mol. The molecule has 124 valence electrons. The van der Waals surface area contributed by atoms with E-state index in [-0.39, 0.29) is 5.91 Å². The molecule has 2 heterocycles. The van der Waals surface area contributed by atoms with Crippen molar-refractivity contribution in [3.8, 4) is 5.75 Å². The lowest BCUT2D eigenvalue weighted by Gasteiger charge is -2.12. The Kier molecular flexibility index (Phi) is 4.26. The molecule has 1 amide bonds. The van der Waals surface area contributed by atoms with Crippen LogP contribution in [0.1, 0.15) is 23.3 Å². The minimum absolute atomic E-state index is 0.0185. The van der Waals surface area contributed by atoms with E-state index < -0.39 is 0 Å². The molecule has 1 N–H and O–H groups in total. The summed E-state index contributed by atoms with van der Waals surface area (Å²) in [5.41, 5.74) is 1.84. The first-order valence-corrected chi connectivity index (χ1v) is 9.22. The zero-order valence-electron chi connectivity index (χ0n) is 13.4. The van der Waals surface area contributed by atoms with Crippen molar-refractivity contribution in [2.45, 2.75) is 19.4 Å². The number of carbonyl (C=O) groups is 1. The second-order valence-corrected chi connectivity index (χ2v) is 7.11. The van der Waals surface area contributed by atoms with Crippen LogP contribution in [0.15, 0.2) is 47.8 Å². The van der Waals surface area contributed by atoms with Gasteiger partial charge in [-0.1, -0.05) is 18.2 Å². The van der Waals surface area contributed by atoms with E-state index in [1.165, 1.54) is 12.8 Å². The molecule has 1 saturated carbocycles. The number of amides is 1. The van der Waals surface area contributed by atoms with Crippen LogP contribution in [0.25, 0.3) is 10.2 Å². The van der Waals surface area contributed by atoms with Crippen LogP contribution >= 0.6 is 11.3 Å². The molecular weight excluding hydrogens is 320 g/mol. The molecule has 0 saturated heterocycles. The number of fused-ring (bicyclic) bond motifs is 1. The van der Waals surface area contributed by atoms with Crippen LogP contribution < -0.4 is 10.1 Å². The van der Waals surface area contributed by atoms with Gasteiger partial charge in [-0.15, -0.1) is 11.3 Å². The van der Waals surface area contributed by atoms with E-state index in [0.717, 1.165) is 28.2 Å². The summed E-state index contributed by atoms with van der Waals surface area (Å²) >= 11 is 1.66. The molecule has 0 radical (unpaired) electrons. The van der Waals surface area contributed by atoms with Gasteiger partial charge in [0.05, 0.1) is 16.8 Å². The van der Waals surface area contributed by atoms with E-state index >= 15 is 0 Å². The van der Waals surface area contributed by atoms with Gasteiger partial charge < -0.3 is 14.6 Å². The Hall–Kier alpha value is -2.27. The third kappa shape index (κ3) is 3.31. The molecule has 24 heavy (non-hydrogen) atoms. The number of benzene rings is 1. The largest absolute Gasteiger partial charge is 0.492 e. The molecule has 5 heteroatoms. The molecule has 1 aliphatic carbocycles. The first-order valence-electron chi connectivity index (χ1n) is 8.34. The van der Waals surface area contributed by atoms with Gasteiger partial charge in [0.2, 0.25) is 0 Å². The van der Waals surface area contributed by atoms with E-state index in [1.807, 2.05) is 36.4 Å². The third-order valence-corrected chi connectivity index (χ3v) is 5.18. The summed E-state index contributed by atoms with van der Waals surface area (Å²) in [6, 6.07) is 13.8. The van der Waals surface area contributed by atoms with Crippen LogP contribution in [0.5, 0.6) is 5.75 Å². The summed E-state index contributed by atoms with van der Waals surface area (Å²) in [4.78, 5) is 12.5. The normalized spacial score (nSPS) is 14.0. The lowest BCUT2D eigenvalue weighted by molar-refractivity contribution is 0.0942. The second kappa shape index (κ2) is 6.69. The molecule has 0 spiro atoms. The second-order valence-electron chi connectivity index (χ2n) is 6.17. The maximum absolute atomic E-state index is 12.5. The summed E-state index contributed by atoms with van der Waals surface area (Å²) in [6.45, 7) is 1.98. The number of para-hydroxylation sites is 1. The van der Waals surface area contributed by atoms with Crippen LogP contribution in [0.2, 0.25) is 0 Å². The zero-order chi connectivity index (χ0) is 16.4. The minimum Gasteiger partial charge on any atom is -0.492 e. The van der Waals surface area contributed by atoms with Gasteiger partial charge in [0.15, 0.2) is 0 Å². The Morgan fingerprint density at radius 1 is 1.25 bits per heavy atom. The zero-order valence-corrected chi connectivity index (χ0v) is 14.2. The van der Waals surface area contributed by atoms with Crippen LogP contribution in [-0.4, -0.2) is 23.6 Å². The van der Waals surface area contributed by atoms with E-state index in [4.69, 9.17) is 4.74 Å². The highest BCUT2D eigenvalue weighted by Crippen LogP contribution is 2.28. The van der Waals surface area contributed by atoms with Gasteiger partial charge in [0.1, 0.15) is 18.1 Å². The maximum atomic E-state index is 12.5. The number of carbonyl (C=O) groups excluding carboxylic acids is 1. The summed E-state index contributed by atoms with van der Waals surface area (Å²) in [5, 5.41) is 5.12. The van der Waals surface area contributed by atoms with Gasteiger partial charge in [-0.05, 0) is 48.4 Å². The fourth-order valence-corrected chi connectivity index (χ4v) is 3.65. The Bertz CT molecular complexity index is 834. The number of thiophene rings is 1. The number of hydrogen-bond acceptors (Lipinski definition) is 3. The first-order chi connectivity index (χ1) is 11.8. The van der Waals surface area contributed by atoms with Crippen molar-refractivity contribution in [3.05, 3.63) is 53.5 Å². The van der Waals surface area contributed by atoms with Crippen molar-refractivity contribution in [3.63, 3.8) is 0 Å². The molecule has 1 aromatic carbocycles. The Labute approximate surface area is 145 Å². The summed E-state index contributed by atoms with van der Waals surface area (Å²) in [6.07, 6.45) is 2.47. The highest BCUT2D eigenvalue weighted by molar-refractivity contribution is 7.17. The molecule has 0 aliphatic heterocycles. The molecular formula is C19H20N2O2S. The number of nitrogens with zero attached hydrogens (tertiary/aromatic N) is 1. The smallest absolute Gasteiger partial charge is 0.267 e. The van der Waals surface area contributed by atoms with E-state index in [1.54, 1.807) is 11.3 Å². The Morgan fingerprint density at radius 2 is 2.08 bits per heavy atom. The lowest BCUT2D eigenvalue weighted by Crippen LogP contribution is -2.28. The first kappa shape index (κ1) is 15.3. The number of hydrogen-bond donors (Lipinski definition) is 1. The molecule has 4 nitrogen and oxygen atoms in total. The van der Waals surface area contributed by atoms with Crippen molar-refractivity contribution < 1.29 is 9.53 Å². The van der Waals surface area contributed by atoms with E-state index in [9.17, 15) is 4.79 Å². The number of nitrogens with one attached hydrogen (secondary N) is 1. The Morgan fingerprint density at radius 3 is 2.88 bits per heavy atom. The molecule has 0 bridgehead atoms. The SMILES string of the molecule is O=C(NCC1CC1)c1cc2sccc2n1CCOc1ccccc1. The lowest BCUT2D eigenvalue weighted by atomic mass is 10.3. The van der Waals surface area contributed by atoms with Gasteiger partial charge >= 0.3 is 0 Å². The van der Waals surface area contributed by atoms with E-state index in [2.05, 4.69) is 21.3 Å². The van der Waals surface area contributed by atoms with Crippen molar-refractivity contribution in [1.29, 1.82) is 0 Å². The number of rotatable bonds is 7. The fourth-order valence-electron chi connectivity index (χ4n) is 2.83. The van der Waals surface area contributed by atoms with Crippen molar-refractivity contribution >= 4 is 27.5 Å². The van der Waals surface area contributed by atoms with Crippen molar-refractivity contribution in [2.75, 3.05) is 13.2 Å². The molecule has 1 fully saturated rings. The van der Waals surface area contributed by atoms with E-state index in [0.29, 0.717) is 19.1 Å². The quantitative estimate of drug-likeness (QED) is 0.708. The average molecular weight is 340 g/mol. The van der Waals surface area contributed by atoms with Crippen LogP contribution in [0.3, 0.4) is 0 Å². The molecule has 0 unspecified atom stereocenters. The molecule has 3 aromatic rings. The van der Waals surface area contributed by atoms with Gasteiger partial charge in [0, 0.05) is 6.54 Å². The number of aromatic nitrogens is 1. The van der Waals surface area contributed by atoms with Gasteiger partial charge in [-0.3, -0.25) is 4.79 Å². The maximum Gasteiger partial charge on any atom is 0.267 e. The predicted octanol–water partition coefficient (Wildman–Crippen LogP) is 3.92. The Balaban J connectivity index is 1.48. The summed E-state index contributed by atoms with van der Waals surface area (Å²) < 4.78 is 9.01. The average Bonchev–Trinajstić information content (AvgIpc) is 3.21. The van der Waals surface area contributed by atoms with Crippen LogP contribution in [0.4, 0.5) is 0 Å². The van der Waals surface area contributed by atoms with Crippen LogP contribution in [-0.2, 0) is 6.54 Å².